The maximum atomic E-state index is 11.0. The van der Waals surface area contributed by atoms with Crippen molar-refractivity contribution in [2.24, 2.45) is 0 Å². The number of piperidine rings is 1. The number of hydrogen-bond acceptors (Lipinski definition) is 4. The fourth-order valence-corrected chi connectivity index (χ4v) is 1.32. The molecule has 1 aliphatic heterocycles. The molecule has 1 heterocycles. The summed E-state index contributed by atoms with van der Waals surface area (Å²) in [6.45, 7) is 3.11. The molecule has 0 aromatic rings. The van der Waals surface area contributed by atoms with Crippen molar-refractivity contribution in [2.45, 2.75) is 32.5 Å². The molecule has 13 heavy (non-hydrogen) atoms. The minimum atomic E-state index is -1.05. The van der Waals surface area contributed by atoms with Gasteiger partial charge in [-0.1, -0.05) is 6.42 Å². The van der Waals surface area contributed by atoms with Crippen LogP contribution >= 0.6 is 0 Å². The average molecular weight is 188 g/mol. The van der Waals surface area contributed by atoms with Crippen LogP contribution < -0.4 is 5.43 Å². The third kappa shape index (κ3) is 4.10. The fourth-order valence-electron chi connectivity index (χ4n) is 1.32. The van der Waals surface area contributed by atoms with E-state index < -0.39 is 12.4 Å². The lowest BCUT2D eigenvalue weighted by Gasteiger charge is -2.26. The number of carbonyl (C=O) groups is 1. The Kier molecular flexibility index (Phi) is 3.98. The summed E-state index contributed by atoms with van der Waals surface area (Å²) in [5.41, 5.74) is 2.56. The summed E-state index contributed by atoms with van der Waals surface area (Å²) in [4.78, 5) is 11.0. The molecule has 5 heteroatoms. The number of nitrogens with zero attached hydrogens (tertiary/aromatic N) is 1. The van der Waals surface area contributed by atoms with Crippen LogP contribution in [0.3, 0.4) is 0 Å². The predicted molar refractivity (Wildman–Crippen MR) is 46.7 cm³/mol. The van der Waals surface area contributed by atoms with E-state index >= 15 is 0 Å². The number of carbonyl (C=O) groups excluding carboxylic acids is 1. The van der Waals surface area contributed by atoms with Crippen molar-refractivity contribution in [2.75, 3.05) is 13.1 Å². The SMILES string of the molecule is CC(O)OC(=O)NN1CCCCC1. The molecule has 1 unspecified atom stereocenters. The van der Waals surface area contributed by atoms with Gasteiger partial charge in [-0.05, 0) is 19.8 Å². The van der Waals surface area contributed by atoms with E-state index in [0.29, 0.717) is 0 Å². The first-order valence-corrected chi connectivity index (χ1v) is 4.59. The second-order valence-electron chi connectivity index (χ2n) is 3.16. The van der Waals surface area contributed by atoms with Crippen molar-refractivity contribution < 1.29 is 14.6 Å². The number of aliphatic hydroxyl groups is 1. The van der Waals surface area contributed by atoms with E-state index in [1.807, 2.05) is 5.01 Å². The molecular weight excluding hydrogens is 172 g/mol. The van der Waals surface area contributed by atoms with Crippen LogP contribution in [-0.2, 0) is 4.74 Å². The molecule has 1 fully saturated rings. The molecule has 0 aromatic heterocycles. The van der Waals surface area contributed by atoms with Gasteiger partial charge in [0.25, 0.3) is 0 Å². The summed E-state index contributed by atoms with van der Waals surface area (Å²) in [6, 6.07) is 0. The first-order valence-electron chi connectivity index (χ1n) is 4.59. The van der Waals surface area contributed by atoms with Crippen LogP contribution in [-0.4, -0.2) is 35.6 Å². The summed E-state index contributed by atoms with van der Waals surface area (Å²) in [6.07, 6.45) is 1.76. The van der Waals surface area contributed by atoms with Crippen molar-refractivity contribution in [3.05, 3.63) is 0 Å². The number of nitrogens with one attached hydrogen (secondary N) is 1. The molecule has 1 atom stereocenters. The Bertz CT molecular complexity index is 167. The Balaban J connectivity index is 2.18. The van der Waals surface area contributed by atoms with Gasteiger partial charge in [-0.25, -0.2) is 9.80 Å². The maximum Gasteiger partial charge on any atom is 0.424 e. The number of ether oxygens (including phenoxy) is 1. The van der Waals surface area contributed by atoms with Crippen LogP contribution in [0.15, 0.2) is 0 Å². The van der Waals surface area contributed by atoms with Gasteiger partial charge in [-0.2, -0.15) is 0 Å². The number of aliphatic hydroxyl groups excluding tert-OH is 1. The average Bonchev–Trinajstić information content (AvgIpc) is 2.04. The quantitative estimate of drug-likeness (QED) is 0.618. The van der Waals surface area contributed by atoms with Crippen LogP contribution in [0.5, 0.6) is 0 Å². The monoisotopic (exact) mass is 188 g/mol. The molecule has 1 aliphatic rings. The number of rotatable bonds is 2. The smallest absolute Gasteiger partial charge is 0.419 e. The van der Waals surface area contributed by atoms with Crippen LogP contribution in [0, 0.1) is 0 Å². The molecule has 1 saturated heterocycles. The Labute approximate surface area is 77.6 Å². The second kappa shape index (κ2) is 5.04. The van der Waals surface area contributed by atoms with Gasteiger partial charge >= 0.3 is 6.09 Å². The molecule has 1 amide bonds. The number of hydrazine groups is 1. The highest BCUT2D eigenvalue weighted by Gasteiger charge is 2.14. The normalized spacial score (nSPS) is 20.8. The second-order valence-corrected chi connectivity index (χ2v) is 3.16. The van der Waals surface area contributed by atoms with Gasteiger partial charge in [0, 0.05) is 13.1 Å². The molecule has 0 aromatic carbocycles. The third-order valence-corrected chi connectivity index (χ3v) is 1.88. The molecule has 0 aliphatic carbocycles. The van der Waals surface area contributed by atoms with E-state index in [1.54, 1.807) is 0 Å². The van der Waals surface area contributed by atoms with Gasteiger partial charge < -0.3 is 9.84 Å². The van der Waals surface area contributed by atoms with Gasteiger partial charge in [0.1, 0.15) is 0 Å². The zero-order valence-electron chi connectivity index (χ0n) is 7.82. The zero-order valence-corrected chi connectivity index (χ0v) is 7.82. The van der Waals surface area contributed by atoms with Gasteiger partial charge in [0.15, 0.2) is 6.29 Å². The summed E-state index contributed by atoms with van der Waals surface area (Å²) < 4.78 is 4.52. The van der Waals surface area contributed by atoms with Crippen LogP contribution in [0.1, 0.15) is 26.2 Å². The molecule has 1 rings (SSSR count). The van der Waals surface area contributed by atoms with E-state index in [1.165, 1.54) is 13.3 Å². The molecule has 0 saturated carbocycles. The first kappa shape index (κ1) is 10.3. The minimum Gasteiger partial charge on any atom is -0.419 e. The standard InChI is InChI=1S/C8H16N2O3/c1-7(11)13-8(12)9-10-5-3-2-4-6-10/h7,11H,2-6H2,1H3,(H,9,12). The fraction of sp³-hybridized carbons (Fsp3) is 0.875. The Morgan fingerprint density at radius 1 is 1.46 bits per heavy atom. The highest BCUT2D eigenvalue weighted by molar-refractivity contribution is 5.66. The van der Waals surface area contributed by atoms with Crippen molar-refractivity contribution in [3.63, 3.8) is 0 Å². The molecular formula is C8H16N2O3. The summed E-state index contributed by atoms with van der Waals surface area (Å²) >= 11 is 0. The lowest BCUT2D eigenvalue weighted by atomic mass is 10.2. The van der Waals surface area contributed by atoms with Crippen LogP contribution in [0.25, 0.3) is 0 Å². The van der Waals surface area contributed by atoms with Crippen molar-refractivity contribution >= 4 is 6.09 Å². The van der Waals surface area contributed by atoms with E-state index in [-0.39, 0.29) is 0 Å². The van der Waals surface area contributed by atoms with E-state index in [2.05, 4.69) is 10.2 Å². The van der Waals surface area contributed by atoms with Crippen molar-refractivity contribution in [1.82, 2.24) is 10.4 Å². The number of hydrogen-bond donors (Lipinski definition) is 2. The Hall–Kier alpha value is -0.810. The molecule has 5 nitrogen and oxygen atoms in total. The Morgan fingerprint density at radius 3 is 2.62 bits per heavy atom. The van der Waals surface area contributed by atoms with Crippen molar-refractivity contribution in [1.29, 1.82) is 0 Å². The van der Waals surface area contributed by atoms with Crippen molar-refractivity contribution in [3.8, 4) is 0 Å². The molecule has 2 N–H and O–H groups in total. The third-order valence-electron chi connectivity index (χ3n) is 1.88. The zero-order chi connectivity index (χ0) is 9.68. The van der Waals surface area contributed by atoms with Crippen LogP contribution in [0.2, 0.25) is 0 Å². The van der Waals surface area contributed by atoms with E-state index in [9.17, 15) is 4.79 Å². The highest BCUT2D eigenvalue weighted by Crippen LogP contribution is 2.05. The van der Waals surface area contributed by atoms with Gasteiger partial charge in [-0.3, -0.25) is 5.43 Å². The number of amides is 1. The molecule has 0 bridgehead atoms. The summed E-state index contributed by atoms with van der Waals surface area (Å²) in [5.74, 6) is 0. The maximum absolute atomic E-state index is 11.0. The summed E-state index contributed by atoms with van der Waals surface area (Å²) in [5, 5.41) is 10.6. The van der Waals surface area contributed by atoms with E-state index in [4.69, 9.17) is 5.11 Å². The molecule has 76 valence electrons. The van der Waals surface area contributed by atoms with Gasteiger partial charge in [0.2, 0.25) is 0 Å². The molecule has 0 radical (unpaired) electrons. The predicted octanol–water partition coefficient (Wildman–Crippen LogP) is 0.452. The lowest BCUT2D eigenvalue weighted by Crippen LogP contribution is -2.45. The van der Waals surface area contributed by atoms with E-state index in [0.717, 1.165) is 25.9 Å². The van der Waals surface area contributed by atoms with Gasteiger partial charge in [-0.15, -0.1) is 0 Å². The molecule has 0 spiro atoms. The van der Waals surface area contributed by atoms with Gasteiger partial charge in [0.05, 0.1) is 0 Å². The summed E-state index contributed by atoms with van der Waals surface area (Å²) in [7, 11) is 0. The van der Waals surface area contributed by atoms with Crippen LogP contribution in [0.4, 0.5) is 4.79 Å². The minimum absolute atomic E-state index is 0.586. The Morgan fingerprint density at radius 2 is 2.08 bits per heavy atom. The highest BCUT2D eigenvalue weighted by atomic mass is 16.6. The largest absolute Gasteiger partial charge is 0.424 e. The lowest BCUT2D eigenvalue weighted by molar-refractivity contribution is -0.0456. The first-order chi connectivity index (χ1) is 6.18. The topological polar surface area (TPSA) is 61.8 Å².